The first-order valence-corrected chi connectivity index (χ1v) is 11.7. The normalized spacial score (nSPS) is 15.2. The van der Waals surface area contributed by atoms with Gasteiger partial charge in [0.1, 0.15) is 8.24 Å². The van der Waals surface area contributed by atoms with Gasteiger partial charge in [0, 0.05) is 7.11 Å². The van der Waals surface area contributed by atoms with Crippen LogP contribution in [-0.4, -0.2) is 31.0 Å². The lowest BCUT2D eigenvalue weighted by Gasteiger charge is -2.40. The van der Waals surface area contributed by atoms with Crippen molar-refractivity contribution in [3.63, 3.8) is 0 Å². The summed E-state index contributed by atoms with van der Waals surface area (Å²) in [4.78, 5) is 3.48. The van der Waals surface area contributed by atoms with Gasteiger partial charge in [0.25, 0.3) is 0 Å². The van der Waals surface area contributed by atoms with E-state index in [1.54, 1.807) is 0 Å². The molecule has 3 nitrogen and oxygen atoms in total. The molecule has 1 rings (SSSR count). The zero-order chi connectivity index (χ0) is 14.4. The predicted octanol–water partition coefficient (Wildman–Crippen LogP) is 2.29. The van der Waals surface area contributed by atoms with E-state index in [9.17, 15) is 0 Å². The average molecular weight is 297 g/mol. The molecule has 0 spiro atoms. The zero-order valence-electron chi connectivity index (χ0n) is 12.9. The Bertz CT molecular complexity index is 357. The molecule has 2 N–H and O–H groups in total. The Hall–Kier alpha value is -0.466. The SMILES string of the molecule is CC[Si](CC)(CC)N[Si](NC)(OC)c1ccccc1. The summed E-state index contributed by atoms with van der Waals surface area (Å²) >= 11 is 0. The highest BCUT2D eigenvalue weighted by Gasteiger charge is 2.43. The van der Waals surface area contributed by atoms with Gasteiger partial charge >= 0.3 is 8.64 Å². The fraction of sp³-hybridized carbons (Fsp3) is 0.571. The first-order chi connectivity index (χ1) is 9.12. The molecule has 0 aliphatic heterocycles. The van der Waals surface area contributed by atoms with Gasteiger partial charge in [0.2, 0.25) is 0 Å². The first-order valence-electron chi connectivity index (χ1n) is 7.21. The van der Waals surface area contributed by atoms with Crippen molar-refractivity contribution in [1.82, 2.24) is 9.63 Å². The van der Waals surface area contributed by atoms with E-state index in [1.807, 2.05) is 14.2 Å². The minimum atomic E-state index is -2.26. The molecule has 0 radical (unpaired) electrons. The maximum Gasteiger partial charge on any atom is 0.379 e. The molecule has 1 aromatic rings. The molecular weight excluding hydrogens is 268 g/mol. The van der Waals surface area contributed by atoms with Crippen LogP contribution in [0.5, 0.6) is 0 Å². The Morgan fingerprint density at radius 2 is 1.53 bits per heavy atom. The van der Waals surface area contributed by atoms with Crippen molar-refractivity contribution in [2.75, 3.05) is 14.2 Å². The number of benzene rings is 1. The highest BCUT2D eigenvalue weighted by Crippen LogP contribution is 2.18. The summed E-state index contributed by atoms with van der Waals surface area (Å²) in [6, 6.07) is 14.3. The quantitative estimate of drug-likeness (QED) is 0.722. The van der Waals surface area contributed by atoms with Crippen LogP contribution in [0.1, 0.15) is 20.8 Å². The number of hydrogen-bond donors (Lipinski definition) is 2. The summed E-state index contributed by atoms with van der Waals surface area (Å²) in [6.07, 6.45) is 0. The molecule has 0 fully saturated rings. The second-order valence-corrected chi connectivity index (χ2v) is 13.5. The molecule has 0 aromatic heterocycles. The summed E-state index contributed by atoms with van der Waals surface area (Å²) in [5, 5.41) is 1.27. The molecule has 0 aliphatic rings. The van der Waals surface area contributed by atoms with E-state index in [0.29, 0.717) is 0 Å². The Balaban J connectivity index is 3.13. The van der Waals surface area contributed by atoms with Crippen LogP contribution in [0.25, 0.3) is 0 Å². The number of nitrogens with one attached hydrogen (secondary N) is 2. The second-order valence-electron chi connectivity index (χ2n) is 4.97. The number of rotatable bonds is 8. The fourth-order valence-corrected chi connectivity index (χ4v) is 12.1. The van der Waals surface area contributed by atoms with E-state index in [2.05, 4.69) is 60.7 Å². The van der Waals surface area contributed by atoms with Gasteiger partial charge in [0.15, 0.2) is 0 Å². The van der Waals surface area contributed by atoms with Crippen molar-refractivity contribution in [3.05, 3.63) is 30.3 Å². The lowest BCUT2D eigenvalue weighted by Crippen LogP contribution is -2.77. The predicted molar refractivity (Wildman–Crippen MR) is 88.2 cm³/mol. The van der Waals surface area contributed by atoms with Gasteiger partial charge in [-0.2, -0.15) is 0 Å². The average Bonchev–Trinajstić information content (AvgIpc) is 2.51. The molecule has 108 valence electrons. The van der Waals surface area contributed by atoms with E-state index < -0.39 is 16.9 Å². The van der Waals surface area contributed by atoms with Gasteiger partial charge in [0.05, 0.1) is 0 Å². The van der Waals surface area contributed by atoms with Crippen LogP contribution in [0.3, 0.4) is 0 Å². The van der Waals surface area contributed by atoms with Gasteiger partial charge in [-0.1, -0.05) is 51.1 Å². The van der Waals surface area contributed by atoms with Crippen LogP contribution in [-0.2, 0) is 4.43 Å². The Labute approximate surface area is 120 Å². The van der Waals surface area contributed by atoms with Crippen LogP contribution in [0.15, 0.2) is 30.3 Å². The molecule has 0 heterocycles. The summed E-state index contributed by atoms with van der Waals surface area (Å²) in [5.41, 5.74) is 0. The molecule has 0 bridgehead atoms. The van der Waals surface area contributed by atoms with Crippen LogP contribution in [0, 0.1) is 0 Å². The monoisotopic (exact) mass is 296 g/mol. The summed E-state index contributed by atoms with van der Waals surface area (Å²) in [7, 11) is 0.123. The molecule has 1 atom stereocenters. The Morgan fingerprint density at radius 3 is 1.89 bits per heavy atom. The third kappa shape index (κ3) is 3.55. The molecule has 0 amide bonds. The lowest BCUT2D eigenvalue weighted by atomic mass is 10.4. The lowest BCUT2D eigenvalue weighted by molar-refractivity contribution is 0.389. The van der Waals surface area contributed by atoms with Gasteiger partial charge in [-0.25, -0.2) is 0 Å². The fourth-order valence-electron chi connectivity index (χ4n) is 2.61. The van der Waals surface area contributed by atoms with Crippen molar-refractivity contribution < 1.29 is 4.43 Å². The molecule has 0 aliphatic carbocycles. The van der Waals surface area contributed by atoms with E-state index in [-0.39, 0.29) is 0 Å². The topological polar surface area (TPSA) is 33.3 Å². The van der Waals surface area contributed by atoms with Crippen molar-refractivity contribution in [2.24, 2.45) is 0 Å². The molecule has 0 saturated heterocycles. The zero-order valence-corrected chi connectivity index (χ0v) is 14.9. The highest BCUT2D eigenvalue weighted by atomic mass is 28.4. The van der Waals surface area contributed by atoms with Crippen LogP contribution < -0.4 is 14.8 Å². The van der Waals surface area contributed by atoms with Gasteiger partial charge in [-0.3, -0.25) is 0 Å². The van der Waals surface area contributed by atoms with Crippen molar-refractivity contribution >= 4 is 22.1 Å². The number of hydrogen-bond acceptors (Lipinski definition) is 3. The van der Waals surface area contributed by atoms with E-state index in [1.165, 1.54) is 23.3 Å². The van der Waals surface area contributed by atoms with Crippen molar-refractivity contribution in [2.45, 2.75) is 38.9 Å². The van der Waals surface area contributed by atoms with E-state index >= 15 is 0 Å². The maximum atomic E-state index is 5.99. The summed E-state index contributed by atoms with van der Waals surface area (Å²) in [6.45, 7) is 6.92. The molecule has 1 unspecified atom stereocenters. The van der Waals surface area contributed by atoms with E-state index in [0.717, 1.165) is 0 Å². The largest absolute Gasteiger partial charge is 0.392 e. The Morgan fingerprint density at radius 1 is 1.00 bits per heavy atom. The molecule has 5 heteroatoms. The van der Waals surface area contributed by atoms with Crippen LogP contribution in [0.2, 0.25) is 18.1 Å². The van der Waals surface area contributed by atoms with Crippen LogP contribution >= 0.6 is 0 Å². The second kappa shape index (κ2) is 7.35. The molecular formula is C14H28N2OSi2. The molecule has 0 saturated carbocycles. The van der Waals surface area contributed by atoms with Gasteiger partial charge in [-0.15, -0.1) is 0 Å². The minimum Gasteiger partial charge on any atom is -0.392 e. The smallest absolute Gasteiger partial charge is 0.379 e. The first kappa shape index (κ1) is 16.6. The van der Waals surface area contributed by atoms with Gasteiger partial charge in [-0.05, 0) is 30.4 Å². The van der Waals surface area contributed by atoms with Crippen LogP contribution in [0.4, 0.5) is 0 Å². The minimum absolute atomic E-state index is 1.24. The van der Waals surface area contributed by atoms with E-state index in [4.69, 9.17) is 4.43 Å². The third-order valence-corrected chi connectivity index (χ3v) is 14.4. The maximum absolute atomic E-state index is 5.99. The Kier molecular flexibility index (Phi) is 6.42. The van der Waals surface area contributed by atoms with Crippen molar-refractivity contribution in [1.29, 1.82) is 0 Å². The third-order valence-electron chi connectivity index (χ3n) is 4.31. The summed E-state index contributed by atoms with van der Waals surface area (Å²) < 4.78 is 9.98. The molecule has 19 heavy (non-hydrogen) atoms. The van der Waals surface area contributed by atoms with Crippen molar-refractivity contribution in [3.8, 4) is 0 Å². The standard InChI is InChI=1S/C14H28N2OSi2/c1-6-18(7-2,8-3)16-19(15-4,17-5)14-12-10-9-11-13-14/h9-13,15-16H,6-8H2,1-5H3. The highest BCUT2D eigenvalue weighted by molar-refractivity contribution is 6.95. The molecule has 1 aromatic carbocycles. The van der Waals surface area contributed by atoms with Gasteiger partial charge < -0.3 is 14.1 Å². The summed E-state index contributed by atoms with van der Waals surface area (Å²) in [5.74, 6) is 0.